The third-order valence-corrected chi connectivity index (χ3v) is 35.4. The number of hydrogen-bond acceptors (Lipinski definition) is 27. The van der Waals surface area contributed by atoms with Crippen LogP contribution < -0.4 is 16.4 Å². The number of hydrogen-bond donors (Lipinski definition) is 5. The van der Waals surface area contributed by atoms with Crippen LogP contribution in [0, 0.1) is 58.6 Å². The second kappa shape index (κ2) is 44.2. The van der Waals surface area contributed by atoms with Crippen LogP contribution in [0.2, 0.25) is 0 Å². The van der Waals surface area contributed by atoms with Crippen molar-refractivity contribution in [1.29, 1.82) is 0 Å². The second-order valence-electron chi connectivity index (χ2n) is 40.5. The van der Waals surface area contributed by atoms with Gasteiger partial charge in [0.25, 0.3) is 11.4 Å². The number of methoxy groups -OCH3 is 5. The van der Waals surface area contributed by atoms with Gasteiger partial charge in [0.2, 0.25) is 0 Å². The van der Waals surface area contributed by atoms with Gasteiger partial charge in [-0.25, -0.2) is 42.9 Å². The molecule has 0 atom stereocenters. The molecule has 0 saturated heterocycles. The molecule has 6 N–H and O–H groups in total. The van der Waals surface area contributed by atoms with Crippen LogP contribution in [-0.4, -0.2) is 127 Å². The number of rotatable bonds is 15. The number of carboxylic acid groups (broad SMARTS) is 2. The zero-order valence-electron chi connectivity index (χ0n) is 84.3. The molecule has 4 aliphatic rings. The van der Waals surface area contributed by atoms with Crippen LogP contribution in [0.1, 0.15) is 299 Å². The average Bonchev–Trinajstić information content (AvgIpc) is 1.58. The first-order chi connectivity index (χ1) is 66.3. The van der Waals surface area contributed by atoms with Crippen molar-refractivity contribution in [1.82, 2.24) is 30.0 Å². The fourth-order valence-corrected chi connectivity index (χ4v) is 25.7. The maximum atomic E-state index is 11.8. The van der Waals surface area contributed by atoms with E-state index >= 15 is 0 Å². The molecule has 0 fully saturated rings. The van der Waals surface area contributed by atoms with Crippen molar-refractivity contribution in [2.24, 2.45) is 0 Å². The number of nitrogens with one attached hydrogen (secondary N) is 2. The number of carbonyl (C=O) groups excluding carboxylic acids is 5. The van der Waals surface area contributed by atoms with Crippen molar-refractivity contribution in [3.05, 3.63) is 273 Å². The number of aromatic carboxylic acids is 2. The van der Waals surface area contributed by atoms with Gasteiger partial charge in [-0.15, -0.1) is 55.5 Å². The van der Waals surface area contributed by atoms with Crippen LogP contribution >= 0.6 is 113 Å². The van der Waals surface area contributed by atoms with Crippen LogP contribution in [0.5, 0.6) is 0 Å². The highest BCUT2D eigenvalue weighted by molar-refractivity contribution is 14.1. The molecule has 6 heterocycles. The molecule has 4 aliphatic carbocycles. The van der Waals surface area contributed by atoms with Crippen molar-refractivity contribution in [2.75, 3.05) is 51.9 Å². The molecule has 0 amide bonds. The SMILES string of the molecule is COC(=O)c1ccc(I)c([N+](=O)[O-])c1.COC(=O)c1ccc(I)cc1.COC(=O)c1ccc(Nc2sc3c(c2C)C(C)(C)CCC3(C)C)c(N)c1.COC(=O)c1ccc(Nc2sc3c(c2C)C(C)(C)CCC3(C)C)c([N+](=O)[O-])c1.COC(=O)c1ccc2c(c1)nnn2-c1sc2c(c1C)C(C)(C)CCC2(C)C.Cc1c(-n2nnc3cc(C(=O)O)ccc32)sc2c1C(C)(C)CCC2(C)C.O=C(O)c1ccc(I)cc1. The van der Waals surface area contributed by atoms with Gasteiger partial charge in [-0.2, -0.15) is 0 Å². The number of nitrogen functional groups attached to an aromatic ring is 1. The molecule has 7 aromatic carbocycles. The number of aromatic nitrogens is 6. The van der Waals surface area contributed by atoms with Gasteiger partial charge >= 0.3 is 41.8 Å². The number of thiophene rings is 4. The van der Waals surface area contributed by atoms with Crippen molar-refractivity contribution in [3.8, 4) is 10.0 Å². The minimum atomic E-state index is -0.951. The van der Waals surface area contributed by atoms with E-state index in [1.807, 2.05) is 78.9 Å². The summed E-state index contributed by atoms with van der Waals surface area (Å²) in [6.45, 7) is 45.7. The summed E-state index contributed by atoms with van der Waals surface area (Å²) in [5.74, 6) is -4.04. The molecule has 0 radical (unpaired) electrons. The summed E-state index contributed by atoms with van der Waals surface area (Å²) < 4.78 is 29.6. The monoisotopic (exact) mass is 2340 g/mol. The van der Waals surface area contributed by atoms with Gasteiger partial charge in [0.15, 0.2) is 0 Å². The molecule has 13 aromatic rings. The quantitative estimate of drug-likeness (QED) is 0.0159. The molecule has 142 heavy (non-hydrogen) atoms. The highest BCUT2D eigenvalue weighted by atomic mass is 127. The minimum absolute atomic E-state index is 0.0754. The number of carbonyl (C=O) groups is 7. The number of esters is 5. The van der Waals surface area contributed by atoms with Gasteiger partial charge in [0, 0.05) is 38.8 Å². The highest BCUT2D eigenvalue weighted by Crippen LogP contribution is 2.58. The molecule has 752 valence electrons. The van der Waals surface area contributed by atoms with Crippen molar-refractivity contribution in [3.63, 3.8) is 0 Å². The highest BCUT2D eigenvalue weighted by Gasteiger charge is 2.46. The first-order valence-corrected chi connectivity index (χ1v) is 52.2. The minimum Gasteiger partial charge on any atom is -0.478 e. The van der Waals surface area contributed by atoms with Crippen LogP contribution in [0.3, 0.4) is 0 Å². The Hall–Kier alpha value is -11.2. The van der Waals surface area contributed by atoms with Crippen LogP contribution in [0.4, 0.5) is 38.4 Å². The number of nitro benzene ring substituents is 2. The number of nitro groups is 2. The standard InChI is InChI=1S/C21H25N3O2S.C21H26N2O4S.C21H28N2O2S.C20H23N3O2S.C8H6INO4.C8H7IO2.C7H5IO2/c1-12-16-17(21(4,5)10-9-20(16,2)3)27-18(12)24-15-8-7-13(19(25)26-6)11-14(15)22-23-24;1-12-16-17(21(4,5)10-9-20(16,2)3)28-18(12)22-14-8-7-13(19(24)27-6)11-15(14)23(25)26;1-12-16-17(21(4,5)10-9-20(16,2)3)26-18(12)23-15-8-7-13(11-14(15)22)19(24)25-6;1-11-15-16(20(4,5)9-8-19(15,2)3)26-17(11)23-14-7-6-12(18(24)25)10-13(14)21-22-23;1-14-8(11)5-2-3-6(9)7(4-5)10(12)13;1-11-8(10)6-2-4-7(9)5-3-6;8-6-3-1-5(2-4-6)7(9)10/h7-8,11H,9-10H2,1-6H3;7-8,11,22H,9-10H2,1-6H3;7-8,11,23H,9-10,22H2,1-6H3;6-7,10H,8-9H2,1-5H3,(H,24,25);2-4H,1H3;2-5H,1H3;1-4H,(H,9,10). The second-order valence-corrected chi connectivity index (χ2v) is 48.2. The van der Waals surface area contributed by atoms with E-state index in [-0.39, 0.29) is 89.3 Å². The Morgan fingerprint density at radius 2 is 0.648 bits per heavy atom. The van der Waals surface area contributed by atoms with E-state index in [0.717, 1.165) is 62.3 Å². The number of fused-ring (bicyclic) bond motifs is 6. The van der Waals surface area contributed by atoms with Crippen LogP contribution in [-0.2, 0) is 67.0 Å². The first kappa shape index (κ1) is 111. The normalized spacial score (nSPS) is 15.5. The average molecular weight is 2350 g/mol. The maximum Gasteiger partial charge on any atom is 0.338 e. The molecule has 0 saturated carbocycles. The van der Waals surface area contributed by atoms with E-state index < -0.39 is 33.7 Å². The lowest BCUT2D eigenvalue weighted by Crippen LogP contribution is -2.32. The van der Waals surface area contributed by atoms with Gasteiger partial charge in [-0.05, 0) is 362 Å². The van der Waals surface area contributed by atoms with Crippen LogP contribution in [0.15, 0.2) is 140 Å². The summed E-state index contributed by atoms with van der Waals surface area (Å²) in [6.07, 6.45) is 9.33. The molecule has 0 aliphatic heterocycles. The molecular formula is C106H120I3N11O18S4. The number of ether oxygens (including phenoxy) is 5. The summed E-state index contributed by atoms with van der Waals surface area (Å²) >= 11 is 13.3. The van der Waals surface area contributed by atoms with Gasteiger partial charge in [0.1, 0.15) is 26.7 Å². The third-order valence-electron chi connectivity index (χ3n) is 26.7. The predicted molar refractivity (Wildman–Crippen MR) is 587 cm³/mol. The smallest absolute Gasteiger partial charge is 0.338 e. The summed E-state index contributed by atoms with van der Waals surface area (Å²) in [4.78, 5) is 105. The zero-order valence-corrected chi connectivity index (χ0v) is 94.0. The van der Waals surface area contributed by atoms with Gasteiger partial charge < -0.3 is 50.3 Å². The Labute approximate surface area is 883 Å². The summed E-state index contributed by atoms with van der Waals surface area (Å²) in [5.41, 5.74) is 25.1. The van der Waals surface area contributed by atoms with Crippen molar-refractivity contribution < 1.29 is 77.3 Å². The molecule has 0 unspecified atom stereocenters. The van der Waals surface area contributed by atoms with E-state index in [1.165, 1.54) is 163 Å². The number of nitrogens with two attached hydrogens (primary N) is 1. The largest absolute Gasteiger partial charge is 0.478 e. The van der Waals surface area contributed by atoms with E-state index in [1.54, 1.807) is 108 Å². The van der Waals surface area contributed by atoms with Crippen molar-refractivity contribution in [2.45, 2.75) is 233 Å². The Morgan fingerprint density at radius 3 is 0.993 bits per heavy atom. The molecule has 36 heteroatoms. The maximum absolute atomic E-state index is 11.8. The molecule has 6 aromatic heterocycles. The van der Waals surface area contributed by atoms with E-state index in [9.17, 15) is 58.9 Å². The van der Waals surface area contributed by atoms with E-state index in [0.29, 0.717) is 48.2 Å². The predicted octanol–water partition coefficient (Wildman–Crippen LogP) is 27.2. The Morgan fingerprint density at radius 1 is 0.366 bits per heavy atom. The molecule has 0 bridgehead atoms. The molecule has 17 rings (SSSR count). The fraction of sp³-hybridized carbons (Fsp3) is 0.387. The summed E-state index contributed by atoms with van der Waals surface area (Å²) in [7, 11) is 6.61. The van der Waals surface area contributed by atoms with Gasteiger partial charge in [0.05, 0.1) is 120 Å². The van der Waals surface area contributed by atoms with Gasteiger partial charge in [-0.1, -0.05) is 121 Å². The number of benzene rings is 7. The molecule has 29 nitrogen and oxygen atoms in total. The number of anilines is 5. The first-order valence-electron chi connectivity index (χ1n) is 45.7. The number of nitrogens with zero attached hydrogens (tertiary/aromatic N) is 8. The topological polar surface area (TPSA) is 404 Å². The van der Waals surface area contributed by atoms with Crippen LogP contribution in [0.25, 0.3) is 32.1 Å². The Bertz CT molecular complexity index is 7040. The number of halogens is 3. The third kappa shape index (κ3) is 24.4. The molecule has 0 spiro atoms. The fourth-order valence-electron chi connectivity index (χ4n) is 18.2. The lowest BCUT2D eigenvalue weighted by molar-refractivity contribution is -0.385. The summed E-state index contributed by atoms with van der Waals surface area (Å²) in [5, 5.41) is 68.1. The number of carboxylic acids is 2. The Kier molecular flexibility index (Phi) is 34.6. The molecular weight excluding hydrogens is 2220 g/mol. The van der Waals surface area contributed by atoms with Gasteiger partial charge in [-0.3, -0.25) is 20.2 Å². The zero-order chi connectivity index (χ0) is 105. The van der Waals surface area contributed by atoms with E-state index in [2.05, 4.69) is 229 Å². The lowest BCUT2D eigenvalue weighted by atomic mass is 9.66. The Balaban J connectivity index is 0.000000163. The van der Waals surface area contributed by atoms with Crippen molar-refractivity contribution >= 4 is 215 Å². The summed E-state index contributed by atoms with van der Waals surface area (Å²) in [6, 6.07) is 38.1. The lowest BCUT2D eigenvalue weighted by Gasteiger charge is -2.39. The van der Waals surface area contributed by atoms with E-state index in [4.69, 9.17) is 20.3 Å².